The van der Waals surface area contributed by atoms with Crippen LogP contribution in [0.4, 0.5) is 0 Å². The fraction of sp³-hybridized carbons (Fsp3) is 0.583. The first-order valence-corrected chi connectivity index (χ1v) is 15.2. The second-order valence-electron chi connectivity index (χ2n) is 9.81. The molecular weight excluding hydrogens is 508 g/mol. The van der Waals surface area contributed by atoms with Gasteiger partial charge in [-0.05, 0) is 69.4 Å². The maximum atomic E-state index is 11.2. The van der Waals surface area contributed by atoms with E-state index in [2.05, 4.69) is 68.9 Å². The van der Waals surface area contributed by atoms with Crippen LogP contribution in [-0.2, 0) is 4.79 Å². The van der Waals surface area contributed by atoms with E-state index in [1.807, 2.05) is 59.9 Å². The molecule has 238 valence electrons. The third-order valence-electron chi connectivity index (χ3n) is 7.10. The average molecular weight is 575 g/mol. The van der Waals surface area contributed by atoms with Crippen LogP contribution in [0.5, 0.6) is 0 Å². The minimum absolute atomic E-state index is 0.0380. The molecule has 0 radical (unpaired) electrons. The Morgan fingerprint density at radius 3 is 1.85 bits per heavy atom. The van der Waals surface area contributed by atoms with Gasteiger partial charge in [-0.25, -0.2) is 4.79 Å². The van der Waals surface area contributed by atoms with Crippen LogP contribution in [0.25, 0.3) is 0 Å². The van der Waals surface area contributed by atoms with Crippen molar-refractivity contribution in [2.24, 2.45) is 17.8 Å². The maximum Gasteiger partial charge on any atom is 0.335 e. The molecule has 5 heteroatoms. The van der Waals surface area contributed by atoms with Gasteiger partial charge in [-0.2, -0.15) is 0 Å². The molecule has 0 aromatic heterocycles. The number of likely N-dealkylation sites (tertiary alicyclic amines) is 1. The molecule has 0 amide bonds. The molecule has 2 unspecified atom stereocenters. The molecule has 2 rings (SSSR count). The Kier molecular flexibility index (Phi) is 33.6. The molecular formula is C36H66N2O3. The van der Waals surface area contributed by atoms with Crippen molar-refractivity contribution in [2.75, 3.05) is 26.7 Å². The van der Waals surface area contributed by atoms with Gasteiger partial charge in [0, 0.05) is 25.3 Å². The number of allylic oxidation sites excluding steroid dienone is 3. The maximum absolute atomic E-state index is 11.2. The highest BCUT2D eigenvalue weighted by Gasteiger charge is 2.45. The summed E-state index contributed by atoms with van der Waals surface area (Å²) in [6.07, 6.45) is 15.4. The Hall–Kier alpha value is -2.63. The molecule has 0 bridgehead atoms. The van der Waals surface area contributed by atoms with Crippen molar-refractivity contribution < 1.29 is 15.0 Å². The Balaban J connectivity index is -0.000000248. The highest BCUT2D eigenvalue weighted by molar-refractivity contribution is 5.77. The monoisotopic (exact) mass is 575 g/mol. The van der Waals surface area contributed by atoms with Crippen LogP contribution >= 0.6 is 0 Å². The van der Waals surface area contributed by atoms with E-state index in [-0.39, 0.29) is 11.8 Å². The number of piperidine rings is 1. The number of nitrogens with one attached hydrogen (secondary N) is 1. The number of likely N-dealkylation sites (N-methyl/N-ethyl adjacent to an activating group) is 1. The van der Waals surface area contributed by atoms with Gasteiger partial charge in [-0.1, -0.05) is 84.4 Å². The Morgan fingerprint density at radius 1 is 1.05 bits per heavy atom. The summed E-state index contributed by atoms with van der Waals surface area (Å²) in [7, 11) is 1.89. The Labute approximate surface area is 255 Å². The smallest absolute Gasteiger partial charge is 0.335 e. The fourth-order valence-electron chi connectivity index (χ4n) is 4.56. The van der Waals surface area contributed by atoms with Gasteiger partial charge >= 0.3 is 5.97 Å². The first kappa shape index (κ1) is 45.4. The van der Waals surface area contributed by atoms with Crippen LogP contribution in [0.15, 0.2) is 88.2 Å². The number of carboxylic acid groups (broad SMARTS) is 1. The van der Waals surface area contributed by atoms with Crippen LogP contribution in [0.1, 0.15) is 86.0 Å². The van der Waals surface area contributed by atoms with Crippen molar-refractivity contribution in [1.29, 1.82) is 0 Å². The van der Waals surface area contributed by atoms with Gasteiger partial charge < -0.3 is 20.4 Å². The van der Waals surface area contributed by atoms with E-state index in [9.17, 15) is 15.0 Å². The van der Waals surface area contributed by atoms with Gasteiger partial charge in [0.15, 0.2) is 5.60 Å². The quantitative estimate of drug-likeness (QED) is 0.170. The lowest BCUT2D eigenvalue weighted by Gasteiger charge is -2.33. The molecule has 0 aromatic carbocycles. The number of aliphatic carboxylic acids is 1. The zero-order chi connectivity index (χ0) is 32.9. The lowest BCUT2D eigenvalue weighted by atomic mass is 9.79. The van der Waals surface area contributed by atoms with Gasteiger partial charge in [-0.3, -0.25) is 0 Å². The SMILES string of the molecule is C=C.C=C.C=CC1CCN(C(=C)C(=C)/C=C/C)CC1.C=CCNC.CC.CCC(C)CC(O)(C(=O)O)C1CCCC1. The van der Waals surface area contributed by atoms with Crippen molar-refractivity contribution in [3.05, 3.63) is 88.2 Å². The third-order valence-corrected chi connectivity index (χ3v) is 7.10. The molecule has 2 aliphatic rings. The lowest BCUT2D eigenvalue weighted by molar-refractivity contribution is -0.167. The largest absolute Gasteiger partial charge is 0.479 e. The number of aliphatic hydroxyl groups is 1. The Bertz CT molecular complexity index is 714. The van der Waals surface area contributed by atoms with Gasteiger partial charge in [0.05, 0.1) is 0 Å². The number of nitrogens with zero attached hydrogens (tertiary/aromatic N) is 1. The molecule has 0 spiro atoms. The topological polar surface area (TPSA) is 72.8 Å². The lowest BCUT2D eigenvalue weighted by Crippen LogP contribution is -2.46. The zero-order valence-corrected chi connectivity index (χ0v) is 27.7. The van der Waals surface area contributed by atoms with Crippen LogP contribution in [-0.4, -0.2) is 53.4 Å². The molecule has 1 saturated carbocycles. The molecule has 1 aliphatic heterocycles. The highest BCUT2D eigenvalue weighted by Crippen LogP contribution is 2.38. The molecule has 2 atom stereocenters. The van der Waals surface area contributed by atoms with Crippen LogP contribution in [0, 0.1) is 17.8 Å². The number of hydrogen-bond donors (Lipinski definition) is 3. The number of carbonyl (C=O) groups is 1. The molecule has 5 nitrogen and oxygen atoms in total. The van der Waals surface area contributed by atoms with Crippen molar-refractivity contribution in [2.45, 2.75) is 91.6 Å². The molecule has 3 N–H and O–H groups in total. The second kappa shape index (κ2) is 30.3. The van der Waals surface area contributed by atoms with E-state index in [1.54, 1.807) is 0 Å². The number of rotatable bonds is 11. The van der Waals surface area contributed by atoms with Crippen LogP contribution in [0.3, 0.4) is 0 Å². The molecule has 2 fully saturated rings. The highest BCUT2D eigenvalue weighted by atomic mass is 16.4. The molecule has 41 heavy (non-hydrogen) atoms. The standard InChI is InChI=1S/C14H21N.C12H22O3.C4H9N.C2H6.2C2H4/c1-5-7-12(3)13(4)15-10-8-14(6-2)9-11-15;1-3-9(2)8-12(15,11(13)14)10-6-4-5-7-10;1-3-4-5-2;3*1-2/h5-7,14H,2-4,8-11H2,1H3;9-10,15H,3-8H2,1-2H3,(H,13,14);3,5H,1,4H2,2H3;1-2H3;2*1-2H2/b7-5+;;;;;. The molecule has 1 saturated heterocycles. The summed E-state index contributed by atoms with van der Waals surface area (Å²) in [6, 6.07) is 0. The van der Waals surface area contributed by atoms with Crippen molar-refractivity contribution >= 4 is 5.97 Å². The molecule has 1 heterocycles. The normalized spacial score (nSPS) is 16.5. The van der Waals surface area contributed by atoms with Gasteiger partial charge in [0.2, 0.25) is 0 Å². The van der Waals surface area contributed by atoms with E-state index >= 15 is 0 Å². The van der Waals surface area contributed by atoms with Crippen molar-refractivity contribution in [3.8, 4) is 0 Å². The fourth-order valence-corrected chi connectivity index (χ4v) is 4.56. The summed E-state index contributed by atoms with van der Waals surface area (Å²) in [5.74, 6) is -0.116. The van der Waals surface area contributed by atoms with E-state index in [1.165, 1.54) is 12.8 Å². The predicted octanol–water partition coefficient (Wildman–Crippen LogP) is 8.98. The van der Waals surface area contributed by atoms with Crippen LogP contribution < -0.4 is 5.32 Å². The minimum atomic E-state index is -1.48. The first-order valence-electron chi connectivity index (χ1n) is 15.2. The summed E-state index contributed by atoms with van der Waals surface area (Å²) in [5.41, 5.74) is 0.608. The minimum Gasteiger partial charge on any atom is -0.479 e. The summed E-state index contributed by atoms with van der Waals surface area (Å²) in [4.78, 5) is 13.5. The van der Waals surface area contributed by atoms with Gasteiger partial charge in [0.25, 0.3) is 0 Å². The molecule has 0 aromatic rings. The summed E-state index contributed by atoms with van der Waals surface area (Å²) in [5, 5.41) is 22.4. The third kappa shape index (κ3) is 20.0. The zero-order valence-electron chi connectivity index (χ0n) is 27.7. The Morgan fingerprint density at radius 2 is 1.54 bits per heavy atom. The predicted molar refractivity (Wildman–Crippen MR) is 184 cm³/mol. The van der Waals surface area contributed by atoms with Crippen molar-refractivity contribution in [3.63, 3.8) is 0 Å². The number of carboxylic acids is 1. The second-order valence-corrected chi connectivity index (χ2v) is 9.81. The van der Waals surface area contributed by atoms with Gasteiger partial charge in [0.1, 0.15) is 0 Å². The van der Waals surface area contributed by atoms with E-state index in [0.717, 1.165) is 63.0 Å². The van der Waals surface area contributed by atoms with E-state index in [4.69, 9.17) is 0 Å². The van der Waals surface area contributed by atoms with E-state index in [0.29, 0.717) is 12.3 Å². The number of hydrogen-bond acceptors (Lipinski definition) is 4. The van der Waals surface area contributed by atoms with Crippen LogP contribution in [0.2, 0.25) is 0 Å². The van der Waals surface area contributed by atoms with Gasteiger partial charge in [-0.15, -0.1) is 39.5 Å². The first-order chi connectivity index (χ1) is 19.6. The molecule has 1 aliphatic carbocycles. The summed E-state index contributed by atoms with van der Waals surface area (Å²) >= 11 is 0. The summed E-state index contributed by atoms with van der Waals surface area (Å²) in [6.45, 7) is 40.5. The summed E-state index contributed by atoms with van der Waals surface area (Å²) < 4.78 is 0. The van der Waals surface area contributed by atoms with E-state index < -0.39 is 11.6 Å². The average Bonchev–Trinajstić information content (AvgIpc) is 3.57. The van der Waals surface area contributed by atoms with Crippen molar-refractivity contribution in [1.82, 2.24) is 10.2 Å².